The molecule has 4 N–H and O–H groups in total. The maximum Gasteiger partial charge on any atom is 0.173 e. The van der Waals surface area contributed by atoms with Gasteiger partial charge >= 0.3 is 0 Å². The standard InChI is InChI=1S/C28H28Br2N2O2/c29-19-4-6-24(22(31)11-19)33-26-3-1-2-21(27(26)34-25-7-5-20(30)12-23(25)32)28-13-16-8-17(14-28)10-18(9-16)15-28/h1-7,11-12,16-18H,8-10,13-15,31-32H2. The Hall–Kier alpha value is -2.18. The quantitative estimate of drug-likeness (QED) is 0.296. The van der Waals surface area contributed by atoms with Crippen LogP contribution in [-0.2, 0) is 5.41 Å². The zero-order valence-electron chi connectivity index (χ0n) is 18.9. The van der Waals surface area contributed by atoms with Crippen LogP contribution in [0.25, 0.3) is 0 Å². The zero-order chi connectivity index (χ0) is 23.4. The van der Waals surface area contributed by atoms with E-state index in [1.807, 2.05) is 42.5 Å². The van der Waals surface area contributed by atoms with Gasteiger partial charge in [0.2, 0.25) is 0 Å². The second kappa shape index (κ2) is 8.49. The van der Waals surface area contributed by atoms with E-state index in [0.29, 0.717) is 28.6 Å². The summed E-state index contributed by atoms with van der Waals surface area (Å²) in [6, 6.07) is 17.7. The van der Waals surface area contributed by atoms with Crippen molar-refractivity contribution < 1.29 is 9.47 Å². The van der Waals surface area contributed by atoms with Gasteiger partial charge in [-0.25, -0.2) is 0 Å². The Labute approximate surface area is 217 Å². The molecule has 6 heteroatoms. The number of rotatable bonds is 5. The van der Waals surface area contributed by atoms with Gasteiger partial charge in [-0.2, -0.15) is 0 Å². The minimum Gasteiger partial charge on any atom is -0.451 e. The number of hydrogen-bond acceptors (Lipinski definition) is 4. The fraction of sp³-hybridized carbons (Fsp3) is 0.357. The SMILES string of the molecule is Nc1cc(Br)ccc1Oc1cccc(C23CC4CC(CC(C4)C2)C3)c1Oc1ccc(Br)cc1N. The van der Waals surface area contributed by atoms with Gasteiger partial charge in [-0.3, -0.25) is 0 Å². The van der Waals surface area contributed by atoms with Crippen LogP contribution in [0, 0.1) is 17.8 Å². The van der Waals surface area contributed by atoms with Crippen molar-refractivity contribution in [2.24, 2.45) is 17.8 Å². The van der Waals surface area contributed by atoms with Gasteiger partial charge in [0.25, 0.3) is 0 Å². The molecule has 0 unspecified atom stereocenters. The molecule has 0 aromatic heterocycles. The first-order valence-electron chi connectivity index (χ1n) is 12.0. The smallest absolute Gasteiger partial charge is 0.173 e. The van der Waals surface area contributed by atoms with E-state index in [-0.39, 0.29) is 5.41 Å². The Morgan fingerprint density at radius 2 is 1.21 bits per heavy atom. The van der Waals surface area contributed by atoms with Gasteiger partial charge in [-0.15, -0.1) is 0 Å². The van der Waals surface area contributed by atoms with Crippen LogP contribution in [-0.4, -0.2) is 0 Å². The normalized spacial score (nSPS) is 27.1. The van der Waals surface area contributed by atoms with Crippen molar-refractivity contribution in [1.82, 2.24) is 0 Å². The van der Waals surface area contributed by atoms with Crippen molar-refractivity contribution in [2.45, 2.75) is 43.9 Å². The summed E-state index contributed by atoms with van der Waals surface area (Å²) in [5.74, 6) is 5.15. The lowest BCUT2D eigenvalue weighted by atomic mass is 9.48. The molecule has 0 spiro atoms. The highest BCUT2D eigenvalue weighted by Gasteiger charge is 2.52. The number of anilines is 2. The predicted octanol–water partition coefficient (Wildman–Crippen LogP) is 8.43. The summed E-state index contributed by atoms with van der Waals surface area (Å²) >= 11 is 6.98. The summed E-state index contributed by atoms with van der Waals surface area (Å²) < 4.78 is 14.9. The third kappa shape index (κ3) is 3.99. The third-order valence-electron chi connectivity index (χ3n) is 7.96. The van der Waals surface area contributed by atoms with E-state index in [1.165, 1.54) is 44.1 Å². The van der Waals surface area contributed by atoms with Crippen LogP contribution in [0.5, 0.6) is 23.0 Å². The Kier molecular flexibility index (Phi) is 5.57. The van der Waals surface area contributed by atoms with Crippen LogP contribution < -0.4 is 20.9 Å². The highest BCUT2D eigenvalue weighted by atomic mass is 79.9. The lowest BCUT2D eigenvalue weighted by Gasteiger charge is -2.57. The predicted molar refractivity (Wildman–Crippen MR) is 144 cm³/mol. The molecule has 0 atom stereocenters. The molecule has 0 aliphatic heterocycles. The monoisotopic (exact) mass is 582 g/mol. The van der Waals surface area contributed by atoms with Crippen LogP contribution in [0.2, 0.25) is 0 Å². The lowest BCUT2D eigenvalue weighted by Crippen LogP contribution is -2.48. The molecule has 3 aromatic carbocycles. The lowest BCUT2D eigenvalue weighted by molar-refractivity contribution is -0.00608. The van der Waals surface area contributed by atoms with Gasteiger partial charge in [0.1, 0.15) is 0 Å². The first-order valence-corrected chi connectivity index (χ1v) is 13.6. The highest BCUT2D eigenvalue weighted by molar-refractivity contribution is 9.10. The topological polar surface area (TPSA) is 70.5 Å². The van der Waals surface area contributed by atoms with Crippen molar-refractivity contribution >= 4 is 43.2 Å². The minimum absolute atomic E-state index is 0.138. The largest absolute Gasteiger partial charge is 0.451 e. The molecule has 0 radical (unpaired) electrons. The van der Waals surface area contributed by atoms with E-state index in [1.54, 1.807) is 0 Å². The molecule has 0 saturated heterocycles. The van der Waals surface area contributed by atoms with Crippen molar-refractivity contribution in [3.63, 3.8) is 0 Å². The van der Waals surface area contributed by atoms with Gasteiger partial charge < -0.3 is 20.9 Å². The Morgan fingerprint density at radius 3 is 1.74 bits per heavy atom. The molecule has 4 bridgehead atoms. The van der Waals surface area contributed by atoms with E-state index in [2.05, 4.69) is 44.0 Å². The molecule has 34 heavy (non-hydrogen) atoms. The van der Waals surface area contributed by atoms with Crippen LogP contribution in [0.4, 0.5) is 11.4 Å². The summed E-state index contributed by atoms with van der Waals surface area (Å²) in [6.07, 6.45) is 7.86. The van der Waals surface area contributed by atoms with Crippen molar-refractivity contribution in [1.29, 1.82) is 0 Å². The molecule has 4 nitrogen and oxygen atoms in total. The molecule has 4 saturated carbocycles. The number of benzene rings is 3. The van der Waals surface area contributed by atoms with Crippen LogP contribution in [0.3, 0.4) is 0 Å². The summed E-state index contributed by atoms with van der Waals surface area (Å²) in [5, 5.41) is 0. The van der Waals surface area contributed by atoms with E-state index in [9.17, 15) is 0 Å². The fourth-order valence-electron chi connectivity index (χ4n) is 7.01. The first kappa shape index (κ1) is 22.3. The molecule has 4 aliphatic rings. The number of nitrogen functional groups attached to an aromatic ring is 2. The minimum atomic E-state index is 0.138. The molecule has 0 amide bonds. The van der Waals surface area contributed by atoms with Crippen LogP contribution >= 0.6 is 31.9 Å². The van der Waals surface area contributed by atoms with E-state index in [0.717, 1.165) is 32.4 Å². The summed E-state index contributed by atoms with van der Waals surface area (Å²) in [4.78, 5) is 0. The number of nitrogens with two attached hydrogens (primary N) is 2. The van der Waals surface area contributed by atoms with Crippen LogP contribution in [0.1, 0.15) is 44.1 Å². The highest BCUT2D eigenvalue weighted by Crippen LogP contribution is 2.63. The second-order valence-electron chi connectivity index (χ2n) is 10.4. The zero-order valence-corrected chi connectivity index (χ0v) is 22.1. The molecule has 0 heterocycles. The summed E-state index contributed by atoms with van der Waals surface area (Å²) in [7, 11) is 0. The number of hydrogen-bond donors (Lipinski definition) is 2. The molecular formula is C28H28Br2N2O2. The maximum absolute atomic E-state index is 6.63. The van der Waals surface area contributed by atoms with Crippen molar-refractivity contribution in [3.8, 4) is 23.0 Å². The maximum atomic E-state index is 6.63. The Balaban J connectivity index is 1.46. The number of ether oxygens (including phenoxy) is 2. The number of para-hydroxylation sites is 1. The van der Waals surface area contributed by atoms with Crippen molar-refractivity contribution in [3.05, 3.63) is 69.1 Å². The van der Waals surface area contributed by atoms with Gasteiger partial charge in [0.05, 0.1) is 11.4 Å². The molecule has 3 aromatic rings. The van der Waals surface area contributed by atoms with Gasteiger partial charge in [-0.1, -0.05) is 44.0 Å². The van der Waals surface area contributed by atoms with Crippen LogP contribution in [0.15, 0.2) is 63.5 Å². The molecule has 4 aliphatic carbocycles. The van der Waals surface area contributed by atoms with Gasteiger partial charge in [-0.05, 0) is 104 Å². The first-order chi connectivity index (χ1) is 16.4. The molecule has 176 valence electrons. The third-order valence-corrected chi connectivity index (χ3v) is 8.95. The van der Waals surface area contributed by atoms with Crippen molar-refractivity contribution in [2.75, 3.05) is 11.5 Å². The molecule has 7 rings (SSSR count). The Morgan fingerprint density at radius 1 is 0.676 bits per heavy atom. The van der Waals surface area contributed by atoms with E-state index in [4.69, 9.17) is 20.9 Å². The van der Waals surface area contributed by atoms with Gasteiger partial charge in [0.15, 0.2) is 23.0 Å². The molecule has 4 fully saturated rings. The van der Waals surface area contributed by atoms with E-state index >= 15 is 0 Å². The average Bonchev–Trinajstić information content (AvgIpc) is 2.77. The summed E-state index contributed by atoms with van der Waals surface area (Å²) in [5.41, 5.74) is 15.2. The molecular weight excluding hydrogens is 556 g/mol. The second-order valence-corrected chi connectivity index (χ2v) is 12.2. The van der Waals surface area contributed by atoms with E-state index < -0.39 is 0 Å². The van der Waals surface area contributed by atoms with Gasteiger partial charge in [0, 0.05) is 14.5 Å². The number of halogens is 2. The summed E-state index contributed by atoms with van der Waals surface area (Å²) in [6.45, 7) is 0. The Bertz CT molecular complexity index is 1220. The average molecular weight is 584 g/mol. The fourth-order valence-corrected chi connectivity index (χ4v) is 7.77.